The molecule has 0 fully saturated rings. The van der Waals surface area contributed by atoms with Gasteiger partial charge in [-0.1, -0.05) is 37.3 Å². The Balaban J connectivity index is 2.70. The Morgan fingerprint density at radius 2 is 1.95 bits per heavy atom. The number of rotatable bonds is 3. The summed E-state index contributed by atoms with van der Waals surface area (Å²) in [6.45, 7) is 1.69. The van der Waals surface area contributed by atoms with E-state index in [1.54, 1.807) is 26.1 Å². The second-order valence-corrected chi connectivity index (χ2v) is 5.00. The Labute approximate surface area is 121 Å². The van der Waals surface area contributed by atoms with Crippen LogP contribution in [0.1, 0.15) is 12.5 Å². The van der Waals surface area contributed by atoms with Crippen LogP contribution in [0, 0.1) is 5.92 Å². The van der Waals surface area contributed by atoms with Gasteiger partial charge in [-0.2, -0.15) is 0 Å². The third kappa shape index (κ3) is 3.38. The SMILES string of the molecule is C[C@H](/C=c1\c(=O)[nH]/c(=C\c2ccccc2)c(=O)n1C)CO. The highest BCUT2D eigenvalue weighted by atomic mass is 16.3. The molecule has 0 aliphatic rings. The molecule has 2 aromatic rings. The van der Waals surface area contributed by atoms with Gasteiger partial charge in [-0.3, -0.25) is 9.59 Å². The standard InChI is InChI=1S/C16H18N2O3/c1-11(10-19)8-14-15(20)17-13(16(21)18(14)2)9-12-6-4-3-5-7-12/h3-9,11,19H,10H2,1-2H3,(H,17,20)/b13-9-,14-8+/t11-/m1/s1. The Bertz CT molecular complexity index is 848. The smallest absolute Gasteiger partial charge is 0.274 e. The minimum atomic E-state index is -0.348. The first-order chi connectivity index (χ1) is 10.0. The van der Waals surface area contributed by atoms with Crippen molar-refractivity contribution in [3.63, 3.8) is 0 Å². The first-order valence-corrected chi connectivity index (χ1v) is 6.71. The number of hydrogen-bond donors (Lipinski definition) is 2. The van der Waals surface area contributed by atoms with Crippen LogP contribution < -0.4 is 21.8 Å². The van der Waals surface area contributed by atoms with E-state index in [0.717, 1.165) is 5.56 Å². The van der Waals surface area contributed by atoms with Gasteiger partial charge in [-0.05, 0) is 23.6 Å². The molecular formula is C16H18N2O3. The first kappa shape index (κ1) is 15.0. The predicted octanol–water partition coefficient (Wildman–Crippen LogP) is -0.689. The van der Waals surface area contributed by atoms with E-state index < -0.39 is 0 Å². The van der Waals surface area contributed by atoms with Crippen molar-refractivity contribution in [2.75, 3.05) is 6.61 Å². The van der Waals surface area contributed by atoms with Gasteiger partial charge in [0.2, 0.25) is 0 Å². The van der Waals surface area contributed by atoms with Crippen molar-refractivity contribution in [3.8, 4) is 0 Å². The summed E-state index contributed by atoms with van der Waals surface area (Å²) in [6, 6.07) is 9.31. The molecule has 0 bridgehead atoms. The van der Waals surface area contributed by atoms with Gasteiger partial charge < -0.3 is 14.7 Å². The van der Waals surface area contributed by atoms with Crippen LogP contribution in [0.5, 0.6) is 0 Å². The highest BCUT2D eigenvalue weighted by Crippen LogP contribution is 1.97. The average Bonchev–Trinajstić information content (AvgIpc) is 2.49. The summed E-state index contributed by atoms with van der Waals surface area (Å²) in [5.74, 6) is -0.194. The fourth-order valence-electron chi connectivity index (χ4n) is 2.01. The van der Waals surface area contributed by atoms with Crippen LogP contribution in [0.25, 0.3) is 12.2 Å². The van der Waals surface area contributed by atoms with Crippen molar-refractivity contribution in [2.45, 2.75) is 6.92 Å². The largest absolute Gasteiger partial charge is 0.396 e. The highest BCUT2D eigenvalue weighted by Gasteiger charge is 2.03. The lowest BCUT2D eigenvalue weighted by molar-refractivity contribution is 0.268. The fraction of sp³-hybridized carbons (Fsp3) is 0.250. The normalized spacial score (nSPS) is 14.4. The van der Waals surface area contributed by atoms with Gasteiger partial charge in [-0.25, -0.2) is 0 Å². The number of hydrogen-bond acceptors (Lipinski definition) is 3. The maximum absolute atomic E-state index is 12.3. The molecule has 0 saturated heterocycles. The second kappa shape index (κ2) is 6.37. The Morgan fingerprint density at radius 1 is 1.29 bits per heavy atom. The lowest BCUT2D eigenvalue weighted by Crippen LogP contribution is -2.52. The van der Waals surface area contributed by atoms with E-state index in [2.05, 4.69) is 4.98 Å². The lowest BCUT2D eigenvalue weighted by Gasteiger charge is -2.02. The van der Waals surface area contributed by atoms with Crippen molar-refractivity contribution in [2.24, 2.45) is 13.0 Å². The molecule has 0 aliphatic heterocycles. The van der Waals surface area contributed by atoms with Crippen molar-refractivity contribution in [3.05, 3.63) is 67.3 Å². The van der Waals surface area contributed by atoms with E-state index in [4.69, 9.17) is 5.11 Å². The summed E-state index contributed by atoms with van der Waals surface area (Å²) < 4.78 is 1.31. The van der Waals surface area contributed by atoms with Crippen molar-refractivity contribution in [1.29, 1.82) is 0 Å². The molecule has 0 unspecified atom stereocenters. The lowest BCUT2D eigenvalue weighted by atomic mass is 10.2. The quantitative estimate of drug-likeness (QED) is 0.784. The van der Waals surface area contributed by atoms with Crippen LogP contribution in [0.15, 0.2) is 39.9 Å². The van der Waals surface area contributed by atoms with Gasteiger partial charge in [0.1, 0.15) is 10.7 Å². The summed E-state index contributed by atoms with van der Waals surface area (Å²) in [4.78, 5) is 27.0. The van der Waals surface area contributed by atoms with Crippen molar-refractivity contribution in [1.82, 2.24) is 9.55 Å². The summed E-state index contributed by atoms with van der Waals surface area (Å²) in [5.41, 5.74) is 0.208. The van der Waals surface area contributed by atoms with Gasteiger partial charge in [0, 0.05) is 13.7 Å². The van der Waals surface area contributed by atoms with E-state index in [1.165, 1.54) is 4.57 Å². The molecule has 2 rings (SSSR count). The monoisotopic (exact) mass is 286 g/mol. The molecular weight excluding hydrogens is 268 g/mol. The number of aliphatic hydroxyl groups excluding tert-OH is 1. The minimum Gasteiger partial charge on any atom is -0.396 e. The Morgan fingerprint density at radius 3 is 2.57 bits per heavy atom. The van der Waals surface area contributed by atoms with Gasteiger partial charge in [-0.15, -0.1) is 0 Å². The topological polar surface area (TPSA) is 75.1 Å². The highest BCUT2D eigenvalue weighted by molar-refractivity contribution is 5.47. The van der Waals surface area contributed by atoms with E-state index >= 15 is 0 Å². The zero-order valence-electron chi connectivity index (χ0n) is 12.0. The molecule has 2 N–H and O–H groups in total. The Kier molecular flexibility index (Phi) is 4.55. The summed E-state index contributed by atoms with van der Waals surface area (Å²) in [7, 11) is 1.55. The molecule has 0 aliphatic carbocycles. The van der Waals surface area contributed by atoms with Gasteiger partial charge >= 0.3 is 0 Å². The van der Waals surface area contributed by atoms with Crippen LogP contribution >= 0.6 is 0 Å². The molecule has 0 saturated carbocycles. The number of benzene rings is 1. The zero-order valence-corrected chi connectivity index (χ0v) is 12.0. The molecule has 1 heterocycles. The molecule has 1 aromatic heterocycles. The molecule has 0 amide bonds. The fourth-order valence-corrected chi connectivity index (χ4v) is 2.01. The number of nitrogens with one attached hydrogen (secondary N) is 1. The average molecular weight is 286 g/mol. The third-order valence-electron chi connectivity index (χ3n) is 3.22. The van der Waals surface area contributed by atoms with E-state index in [-0.39, 0.29) is 34.3 Å². The van der Waals surface area contributed by atoms with Crippen molar-refractivity contribution >= 4 is 12.2 Å². The minimum absolute atomic E-state index is 0.0779. The molecule has 110 valence electrons. The van der Waals surface area contributed by atoms with Crippen LogP contribution in [-0.4, -0.2) is 21.3 Å². The number of aromatic amines is 1. The molecule has 21 heavy (non-hydrogen) atoms. The van der Waals surface area contributed by atoms with Gasteiger partial charge in [0.05, 0.1) is 0 Å². The van der Waals surface area contributed by atoms with E-state index in [1.807, 2.05) is 30.3 Å². The molecule has 5 heteroatoms. The molecule has 1 aromatic carbocycles. The number of aromatic nitrogens is 2. The molecule has 1 atom stereocenters. The maximum Gasteiger partial charge on any atom is 0.274 e. The van der Waals surface area contributed by atoms with Gasteiger partial charge in [0.25, 0.3) is 11.1 Å². The summed E-state index contributed by atoms with van der Waals surface area (Å²) >= 11 is 0. The number of H-pyrrole nitrogens is 1. The van der Waals surface area contributed by atoms with Crippen LogP contribution in [0.2, 0.25) is 0 Å². The van der Waals surface area contributed by atoms with Crippen LogP contribution in [0.3, 0.4) is 0 Å². The second-order valence-electron chi connectivity index (χ2n) is 5.00. The number of aliphatic hydroxyl groups is 1. The van der Waals surface area contributed by atoms with E-state index in [9.17, 15) is 9.59 Å². The molecule has 5 nitrogen and oxygen atoms in total. The molecule has 0 radical (unpaired) electrons. The maximum atomic E-state index is 12.3. The third-order valence-corrected chi connectivity index (χ3v) is 3.22. The Hall–Kier alpha value is -2.40. The molecule has 0 spiro atoms. The summed E-state index contributed by atoms with van der Waals surface area (Å²) in [6.07, 6.45) is 3.23. The van der Waals surface area contributed by atoms with Gasteiger partial charge in [0.15, 0.2) is 0 Å². The predicted molar refractivity (Wildman–Crippen MR) is 82.3 cm³/mol. The van der Waals surface area contributed by atoms with Crippen LogP contribution in [-0.2, 0) is 7.05 Å². The van der Waals surface area contributed by atoms with E-state index in [0.29, 0.717) is 0 Å². The number of nitrogens with zero attached hydrogens (tertiary/aromatic N) is 1. The summed E-state index contributed by atoms with van der Waals surface area (Å²) in [5, 5.41) is 9.55. The van der Waals surface area contributed by atoms with Crippen molar-refractivity contribution < 1.29 is 5.11 Å². The first-order valence-electron chi connectivity index (χ1n) is 6.71. The zero-order chi connectivity index (χ0) is 15.4. The van der Waals surface area contributed by atoms with Crippen LogP contribution in [0.4, 0.5) is 0 Å².